The summed E-state index contributed by atoms with van der Waals surface area (Å²) in [6.45, 7) is 7.71. The molecule has 2 atom stereocenters. The van der Waals surface area contributed by atoms with Crippen molar-refractivity contribution in [3.63, 3.8) is 0 Å². The van der Waals surface area contributed by atoms with E-state index in [0.29, 0.717) is 12.0 Å². The molecule has 3 heteroatoms. The van der Waals surface area contributed by atoms with Gasteiger partial charge in [0.05, 0.1) is 6.10 Å². The minimum absolute atomic E-state index is 0.279. The summed E-state index contributed by atoms with van der Waals surface area (Å²) < 4.78 is 5.66. The lowest BCUT2D eigenvalue weighted by Crippen LogP contribution is -2.45. The van der Waals surface area contributed by atoms with Gasteiger partial charge in [0, 0.05) is 13.2 Å². The van der Waals surface area contributed by atoms with Gasteiger partial charge in [-0.1, -0.05) is 20.8 Å². The van der Waals surface area contributed by atoms with Crippen molar-refractivity contribution in [3.05, 3.63) is 22.4 Å². The molecule has 98 valence electrons. The molecule has 0 bridgehead atoms. The molecule has 0 saturated heterocycles. The minimum Gasteiger partial charge on any atom is -0.380 e. The summed E-state index contributed by atoms with van der Waals surface area (Å²) in [4.78, 5) is 0. The topological polar surface area (TPSA) is 21.3 Å². The summed E-state index contributed by atoms with van der Waals surface area (Å²) in [5, 5.41) is 7.99. The van der Waals surface area contributed by atoms with Gasteiger partial charge in [-0.15, -0.1) is 0 Å². The van der Waals surface area contributed by atoms with E-state index in [-0.39, 0.29) is 6.10 Å². The second-order valence-electron chi connectivity index (χ2n) is 4.84. The van der Waals surface area contributed by atoms with Gasteiger partial charge >= 0.3 is 0 Å². The normalized spacial score (nSPS) is 15.1. The number of hydrogen-bond acceptors (Lipinski definition) is 3. The van der Waals surface area contributed by atoms with E-state index in [0.717, 1.165) is 19.4 Å². The smallest absolute Gasteiger partial charge is 0.0750 e. The van der Waals surface area contributed by atoms with Gasteiger partial charge in [-0.2, -0.15) is 11.3 Å². The third-order valence-corrected chi connectivity index (χ3v) is 3.75. The Labute approximate surface area is 109 Å². The summed E-state index contributed by atoms with van der Waals surface area (Å²) >= 11 is 1.76. The first-order chi connectivity index (χ1) is 8.19. The van der Waals surface area contributed by atoms with E-state index >= 15 is 0 Å². The Morgan fingerprint density at radius 1 is 1.41 bits per heavy atom. The van der Waals surface area contributed by atoms with Gasteiger partial charge in [-0.3, -0.25) is 0 Å². The Kier molecular flexibility index (Phi) is 6.78. The minimum atomic E-state index is 0.279. The number of nitrogens with one attached hydrogen (secondary N) is 1. The van der Waals surface area contributed by atoms with Gasteiger partial charge < -0.3 is 10.1 Å². The van der Waals surface area contributed by atoms with Gasteiger partial charge in [0.15, 0.2) is 0 Å². The van der Waals surface area contributed by atoms with Crippen LogP contribution in [0, 0.1) is 5.92 Å². The van der Waals surface area contributed by atoms with Crippen molar-refractivity contribution in [2.24, 2.45) is 5.92 Å². The quantitative estimate of drug-likeness (QED) is 0.769. The first kappa shape index (κ1) is 14.7. The molecule has 1 heterocycles. The summed E-state index contributed by atoms with van der Waals surface area (Å²) in [5.41, 5.74) is 1.41. The highest BCUT2D eigenvalue weighted by molar-refractivity contribution is 7.07. The van der Waals surface area contributed by atoms with E-state index in [2.05, 4.69) is 42.9 Å². The molecule has 1 aromatic heterocycles. The maximum atomic E-state index is 5.66. The zero-order chi connectivity index (χ0) is 12.7. The number of methoxy groups -OCH3 is 1. The molecule has 2 unspecified atom stereocenters. The lowest BCUT2D eigenvalue weighted by molar-refractivity contribution is 0.0333. The van der Waals surface area contributed by atoms with Crippen LogP contribution in [-0.2, 0) is 11.2 Å². The summed E-state index contributed by atoms with van der Waals surface area (Å²) in [5.74, 6) is 0.535. The molecule has 0 saturated carbocycles. The number of rotatable bonds is 8. The average Bonchev–Trinajstić information content (AvgIpc) is 2.78. The van der Waals surface area contributed by atoms with Crippen LogP contribution in [0.3, 0.4) is 0 Å². The van der Waals surface area contributed by atoms with Gasteiger partial charge in [-0.25, -0.2) is 0 Å². The third-order valence-electron chi connectivity index (χ3n) is 3.02. The van der Waals surface area contributed by atoms with E-state index in [9.17, 15) is 0 Å². The van der Waals surface area contributed by atoms with Crippen LogP contribution in [0.4, 0.5) is 0 Å². The van der Waals surface area contributed by atoms with Crippen LogP contribution in [0.25, 0.3) is 0 Å². The largest absolute Gasteiger partial charge is 0.380 e. The summed E-state index contributed by atoms with van der Waals surface area (Å²) in [6, 6.07) is 2.62. The first-order valence-electron chi connectivity index (χ1n) is 6.46. The molecule has 1 aromatic rings. The lowest BCUT2D eigenvalue weighted by atomic mass is 9.94. The Bertz CT molecular complexity index is 284. The van der Waals surface area contributed by atoms with Crippen LogP contribution < -0.4 is 5.32 Å². The van der Waals surface area contributed by atoms with E-state index in [1.807, 2.05) is 7.11 Å². The van der Waals surface area contributed by atoms with Crippen LogP contribution in [0.15, 0.2) is 16.8 Å². The monoisotopic (exact) mass is 255 g/mol. The molecular formula is C14H25NOS. The molecule has 0 aliphatic rings. The number of ether oxygens (including phenoxy) is 1. The molecule has 0 spiro atoms. The fraction of sp³-hybridized carbons (Fsp3) is 0.714. The Morgan fingerprint density at radius 2 is 2.18 bits per heavy atom. The van der Waals surface area contributed by atoms with Crippen molar-refractivity contribution in [2.45, 2.75) is 45.8 Å². The van der Waals surface area contributed by atoms with Crippen molar-refractivity contribution < 1.29 is 4.74 Å². The van der Waals surface area contributed by atoms with E-state index in [1.54, 1.807) is 11.3 Å². The maximum Gasteiger partial charge on any atom is 0.0750 e. The molecule has 1 N–H and O–H groups in total. The van der Waals surface area contributed by atoms with Gasteiger partial charge in [0.25, 0.3) is 0 Å². The molecule has 0 aliphatic heterocycles. The number of hydrogen-bond donors (Lipinski definition) is 1. The fourth-order valence-corrected chi connectivity index (χ4v) is 2.88. The zero-order valence-electron chi connectivity index (χ0n) is 11.4. The molecule has 0 aromatic carbocycles. The average molecular weight is 255 g/mol. The van der Waals surface area contributed by atoms with Crippen molar-refractivity contribution >= 4 is 11.3 Å². The van der Waals surface area contributed by atoms with Crippen LogP contribution >= 0.6 is 11.3 Å². The Balaban J connectivity index is 2.64. The van der Waals surface area contributed by atoms with Gasteiger partial charge in [0.1, 0.15) is 0 Å². The molecule has 0 aliphatic carbocycles. The first-order valence-corrected chi connectivity index (χ1v) is 7.40. The third kappa shape index (κ3) is 4.78. The van der Waals surface area contributed by atoms with Gasteiger partial charge in [-0.05, 0) is 47.7 Å². The second-order valence-corrected chi connectivity index (χ2v) is 5.62. The van der Waals surface area contributed by atoms with Crippen molar-refractivity contribution in [1.82, 2.24) is 5.32 Å². The molecule has 17 heavy (non-hydrogen) atoms. The second kappa shape index (κ2) is 7.85. The predicted molar refractivity (Wildman–Crippen MR) is 75.7 cm³/mol. The van der Waals surface area contributed by atoms with Crippen LogP contribution in [0.1, 0.15) is 32.8 Å². The van der Waals surface area contributed by atoms with Crippen molar-refractivity contribution in [2.75, 3.05) is 13.7 Å². The Hall–Kier alpha value is -0.380. The molecule has 0 fully saturated rings. The molecule has 0 amide bonds. The SMILES string of the molecule is CCCNC(Cc1ccsc1)C(OC)C(C)C. The Morgan fingerprint density at radius 3 is 2.65 bits per heavy atom. The maximum absolute atomic E-state index is 5.66. The van der Waals surface area contributed by atoms with E-state index in [1.165, 1.54) is 5.56 Å². The molecule has 2 nitrogen and oxygen atoms in total. The summed E-state index contributed by atoms with van der Waals surface area (Å²) in [6.07, 6.45) is 2.50. The molecule has 1 rings (SSSR count). The standard InChI is InChI=1S/C14H25NOS/c1-5-7-15-13(14(16-4)11(2)3)9-12-6-8-17-10-12/h6,8,10-11,13-15H,5,7,9H2,1-4H3. The lowest BCUT2D eigenvalue weighted by Gasteiger charge is -2.30. The molecular weight excluding hydrogens is 230 g/mol. The highest BCUT2D eigenvalue weighted by Gasteiger charge is 2.24. The van der Waals surface area contributed by atoms with Crippen LogP contribution in [0.5, 0.6) is 0 Å². The number of thiophene rings is 1. The highest BCUT2D eigenvalue weighted by atomic mass is 32.1. The van der Waals surface area contributed by atoms with E-state index in [4.69, 9.17) is 4.74 Å². The summed E-state index contributed by atoms with van der Waals surface area (Å²) in [7, 11) is 1.82. The predicted octanol–water partition coefficient (Wildman–Crippen LogP) is 3.33. The highest BCUT2D eigenvalue weighted by Crippen LogP contribution is 2.16. The van der Waals surface area contributed by atoms with Crippen molar-refractivity contribution in [1.29, 1.82) is 0 Å². The van der Waals surface area contributed by atoms with Crippen molar-refractivity contribution in [3.8, 4) is 0 Å². The van der Waals surface area contributed by atoms with Crippen LogP contribution in [0.2, 0.25) is 0 Å². The van der Waals surface area contributed by atoms with E-state index < -0.39 is 0 Å². The van der Waals surface area contributed by atoms with Gasteiger partial charge in [0.2, 0.25) is 0 Å². The fourth-order valence-electron chi connectivity index (χ4n) is 2.20. The van der Waals surface area contributed by atoms with Crippen LogP contribution in [-0.4, -0.2) is 25.8 Å². The zero-order valence-corrected chi connectivity index (χ0v) is 12.2. The molecule has 0 radical (unpaired) electrons.